The third-order valence-corrected chi connectivity index (χ3v) is 2.42. The Hall–Kier alpha value is -1.18. The smallest absolute Gasteiger partial charge is 0.139 e. The number of para-hydroxylation sites is 1. The summed E-state index contributed by atoms with van der Waals surface area (Å²) < 4.78 is 0. The number of aromatic hydroxyl groups is 1. The van der Waals surface area contributed by atoms with Crippen LogP contribution in [0.2, 0.25) is 0 Å². The van der Waals surface area contributed by atoms with Gasteiger partial charge in [-0.05, 0) is 24.5 Å². The Balaban J connectivity index is 0.000000461. The molecule has 0 radical (unpaired) electrons. The number of hydrogen-bond acceptors (Lipinski definition) is 2. The highest BCUT2D eigenvalue weighted by Crippen LogP contribution is 2.33. The Morgan fingerprint density at radius 3 is 2.64 bits per heavy atom. The van der Waals surface area contributed by atoms with E-state index < -0.39 is 0 Å². The van der Waals surface area contributed by atoms with Crippen LogP contribution in [-0.4, -0.2) is 18.7 Å². The Morgan fingerprint density at radius 2 is 2.00 bits per heavy atom. The first-order chi connectivity index (χ1) is 6.79. The van der Waals surface area contributed by atoms with Gasteiger partial charge in [0, 0.05) is 13.6 Å². The van der Waals surface area contributed by atoms with Gasteiger partial charge in [0.1, 0.15) is 5.75 Å². The summed E-state index contributed by atoms with van der Waals surface area (Å²) in [6, 6.07) is 5.75. The first-order valence-corrected chi connectivity index (χ1v) is 5.31. The number of nitrogens with zero attached hydrogens (tertiary/aromatic N) is 1. The van der Waals surface area contributed by atoms with Crippen molar-refractivity contribution >= 4 is 5.69 Å². The van der Waals surface area contributed by atoms with E-state index in [2.05, 4.69) is 11.0 Å². The number of fused-ring (bicyclic) bond motifs is 1. The van der Waals surface area contributed by atoms with E-state index in [-0.39, 0.29) is 0 Å². The Morgan fingerprint density at radius 1 is 1.29 bits per heavy atom. The zero-order valence-electron chi connectivity index (χ0n) is 9.25. The second-order valence-corrected chi connectivity index (χ2v) is 3.31. The van der Waals surface area contributed by atoms with Gasteiger partial charge >= 0.3 is 0 Å². The van der Waals surface area contributed by atoms with E-state index in [0.717, 1.165) is 18.7 Å². The number of benzene rings is 1. The van der Waals surface area contributed by atoms with E-state index in [0.29, 0.717) is 5.75 Å². The molecule has 0 saturated heterocycles. The number of aryl methyl sites for hydroxylation is 1. The third-order valence-electron chi connectivity index (χ3n) is 2.42. The van der Waals surface area contributed by atoms with Crippen LogP contribution in [0.15, 0.2) is 18.2 Å². The lowest BCUT2D eigenvalue weighted by atomic mass is 10.0. The lowest BCUT2D eigenvalue weighted by molar-refractivity contribution is 0.472. The van der Waals surface area contributed by atoms with E-state index in [1.807, 2.05) is 27.0 Å². The number of rotatable bonds is 0. The van der Waals surface area contributed by atoms with Crippen LogP contribution in [0.25, 0.3) is 0 Å². The second-order valence-electron chi connectivity index (χ2n) is 3.31. The molecule has 1 aromatic rings. The summed E-state index contributed by atoms with van der Waals surface area (Å²) in [4.78, 5) is 2.12. The molecule has 2 heteroatoms. The minimum absolute atomic E-state index is 0.412. The molecule has 0 spiro atoms. The van der Waals surface area contributed by atoms with Gasteiger partial charge in [0.15, 0.2) is 0 Å². The van der Waals surface area contributed by atoms with Crippen LogP contribution < -0.4 is 4.90 Å². The van der Waals surface area contributed by atoms with Gasteiger partial charge in [-0.1, -0.05) is 26.0 Å². The highest BCUT2D eigenvalue weighted by atomic mass is 16.3. The fraction of sp³-hybridized carbons (Fsp3) is 0.500. The molecule has 1 aliphatic rings. The first-order valence-electron chi connectivity index (χ1n) is 5.31. The van der Waals surface area contributed by atoms with Gasteiger partial charge in [-0.2, -0.15) is 0 Å². The van der Waals surface area contributed by atoms with E-state index >= 15 is 0 Å². The molecule has 1 N–H and O–H groups in total. The van der Waals surface area contributed by atoms with Crippen LogP contribution >= 0.6 is 0 Å². The molecule has 1 heterocycles. The summed E-state index contributed by atoms with van der Waals surface area (Å²) in [7, 11) is 2.03. The Bertz CT molecular complexity index is 296. The maximum atomic E-state index is 9.59. The van der Waals surface area contributed by atoms with Crippen LogP contribution in [0.1, 0.15) is 25.8 Å². The van der Waals surface area contributed by atoms with Gasteiger partial charge in [-0.15, -0.1) is 0 Å². The highest BCUT2D eigenvalue weighted by molar-refractivity contribution is 5.64. The first kappa shape index (κ1) is 10.9. The molecule has 1 aromatic carbocycles. The van der Waals surface area contributed by atoms with Crippen molar-refractivity contribution in [2.45, 2.75) is 26.7 Å². The fourth-order valence-corrected chi connectivity index (χ4v) is 1.84. The predicted molar refractivity (Wildman–Crippen MR) is 61.0 cm³/mol. The van der Waals surface area contributed by atoms with E-state index in [4.69, 9.17) is 0 Å². The van der Waals surface area contributed by atoms with Crippen LogP contribution in [-0.2, 0) is 6.42 Å². The Labute approximate surface area is 86.2 Å². The highest BCUT2D eigenvalue weighted by Gasteiger charge is 2.15. The second kappa shape index (κ2) is 4.89. The summed E-state index contributed by atoms with van der Waals surface area (Å²) >= 11 is 0. The molecule has 0 unspecified atom stereocenters. The van der Waals surface area contributed by atoms with Crippen molar-refractivity contribution in [3.63, 3.8) is 0 Å². The lowest BCUT2D eigenvalue weighted by Crippen LogP contribution is -2.24. The van der Waals surface area contributed by atoms with Gasteiger partial charge in [-0.3, -0.25) is 0 Å². The van der Waals surface area contributed by atoms with Gasteiger partial charge < -0.3 is 10.0 Å². The van der Waals surface area contributed by atoms with Crippen molar-refractivity contribution < 1.29 is 5.11 Å². The molecule has 0 aromatic heterocycles. The molecule has 0 fully saturated rings. The normalized spacial score (nSPS) is 14.1. The summed E-state index contributed by atoms with van der Waals surface area (Å²) in [6.45, 7) is 5.05. The third kappa shape index (κ3) is 2.00. The maximum absolute atomic E-state index is 9.59. The van der Waals surface area contributed by atoms with Crippen molar-refractivity contribution in [1.82, 2.24) is 0 Å². The van der Waals surface area contributed by atoms with Gasteiger partial charge in [0.05, 0.1) is 5.69 Å². The van der Waals surface area contributed by atoms with E-state index in [1.54, 1.807) is 6.07 Å². The van der Waals surface area contributed by atoms with Crippen molar-refractivity contribution in [2.75, 3.05) is 18.5 Å². The SMILES string of the molecule is CC.CN1CCCc2cccc(O)c21. The molecule has 78 valence electrons. The van der Waals surface area contributed by atoms with E-state index in [1.165, 1.54) is 12.0 Å². The molecular weight excluding hydrogens is 174 g/mol. The standard InChI is InChI=1S/C10H13NO.C2H6/c1-11-7-3-5-8-4-2-6-9(12)10(8)11;1-2/h2,4,6,12H,3,5,7H2,1H3;1-2H3. The molecule has 0 saturated carbocycles. The molecular formula is C12H19NO. The minimum atomic E-state index is 0.412. The maximum Gasteiger partial charge on any atom is 0.139 e. The van der Waals surface area contributed by atoms with Crippen molar-refractivity contribution in [1.29, 1.82) is 0 Å². The molecule has 0 aliphatic carbocycles. The predicted octanol–water partition coefficient (Wildman–Crippen LogP) is 2.80. The fourth-order valence-electron chi connectivity index (χ4n) is 1.84. The quantitative estimate of drug-likeness (QED) is 0.685. The van der Waals surface area contributed by atoms with Gasteiger partial charge in [0.2, 0.25) is 0 Å². The van der Waals surface area contributed by atoms with Gasteiger partial charge in [0.25, 0.3) is 0 Å². The molecule has 0 bridgehead atoms. The molecule has 0 amide bonds. The summed E-state index contributed by atoms with van der Waals surface area (Å²) in [6.07, 6.45) is 2.28. The monoisotopic (exact) mass is 193 g/mol. The molecule has 0 atom stereocenters. The van der Waals surface area contributed by atoms with E-state index in [9.17, 15) is 5.11 Å². The van der Waals surface area contributed by atoms with Crippen LogP contribution in [0, 0.1) is 0 Å². The summed E-state index contributed by atoms with van der Waals surface area (Å²) in [5, 5.41) is 9.59. The van der Waals surface area contributed by atoms with Gasteiger partial charge in [-0.25, -0.2) is 0 Å². The van der Waals surface area contributed by atoms with Crippen LogP contribution in [0.5, 0.6) is 5.75 Å². The average molecular weight is 193 g/mol. The molecule has 1 aliphatic heterocycles. The number of phenolic OH excluding ortho intramolecular Hbond substituents is 1. The zero-order chi connectivity index (χ0) is 10.6. The lowest BCUT2D eigenvalue weighted by Gasteiger charge is -2.27. The topological polar surface area (TPSA) is 23.5 Å². The molecule has 14 heavy (non-hydrogen) atoms. The summed E-state index contributed by atoms with van der Waals surface area (Å²) in [5.41, 5.74) is 2.28. The van der Waals surface area contributed by atoms with Crippen molar-refractivity contribution in [3.8, 4) is 5.75 Å². The molecule has 2 rings (SSSR count). The van der Waals surface area contributed by atoms with Crippen LogP contribution in [0.3, 0.4) is 0 Å². The Kier molecular flexibility index (Phi) is 3.81. The number of phenols is 1. The number of anilines is 1. The van der Waals surface area contributed by atoms with Crippen LogP contribution in [0.4, 0.5) is 5.69 Å². The molecule has 2 nitrogen and oxygen atoms in total. The largest absolute Gasteiger partial charge is 0.506 e. The van der Waals surface area contributed by atoms with Crippen molar-refractivity contribution in [3.05, 3.63) is 23.8 Å². The van der Waals surface area contributed by atoms with Crippen molar-refractivity contribution in [2.24, 2.45) is 0 Å². The number of hydrogen-bond donors (Lipinski definition) is 1. The minimum Gasteiger partial charge on any atom is -0.506 e. The summed E-state index contributed by atoms with van der Waals surface area (Å²) in [5.74, 6) is 0.412. The zero-order valence-corrected chi connectivity index (χ0v) is 9.25. The average Bonchev–Trinajstić information content (AvgIpc) is 2.21.